The second-order valence-electron chi connectivity index (χ2n) is 7.90. The third kappa shape index (κ3) is 9.67. The van der Waals surface area contributed by atoms with E-state index in [0.29, 0.717) is 30.2 Å². The van der Waals surface area contributed by atoms with Gasteiger partial charge in [-0.15, -0.1) is 11.3 Å². The summed E-state index contributed by atoms with van der Waals surface area (Å²) in [5.74, 6) is -0.449. The molecule has 2 N–H and O–H groups in total. The fraction of sp³-hybridized carbons (Fsp3) is 0.440. The number of benzene rings is 1. The second kappa shape index (κ2) is 14.3. The number of aliphatic carboxylic acids is 2. The molecule has 1 atom stereocenters. The van der Waals surface area contributed by atoms with Crippen LogP contribution in [0.1, 0.15) is 50.5 Å². The molecule has 0 saturated heterocycles. The van der Waals surface area contributed by atoms with Crippen molar-refractivity contribution >= 4 is 23.3 Å². The maximum atomic E-state index is 9.55. The normalized spacial score (nSPS) is 12.0. The lowest BCUT2D eigenvalue weighted by atomic mass is 9.92. The molecule has 0 aliphatic heterocycles. The van der Waals surface area contributed by atoms with E-state index in [1.807, 2.05) is 23.5 Å². The van der Waals surface area contributed by atoms with Gasteiger partial charge in [0.05, 0.1) is 14.2 Å². The van der Waals surface area contributed by atoms with E-state index in [1.54, 1.807) is 14.2 Å². The lowest BCUT2D eigenvalue weighted by Gasteiger charge is -2.32. The largest absolute Gasteiger partial charge is 0.497 e. The van der Waals surface area contributed by atoms with Crippen LogP contribution in [0.25, 0.3) is 0 Å². The van der Waals surface area contributed by atoms with Crippen molar-refractivity contribution in [3.63, 3.8) is 0 Å². The van der Waals surface area contributed by atoms with Crippen LogP contribution in [0.3, 0.4) is 0 Å². The van der Waals surface area contributed by atoms with Gasteiger partial charge in [-0.3, -0.25) is 4.90 Å². The van der Waals surface area contributed by atoms with Crippen LogP contribution in [-0.2, 0) is 9.59 Å². The minimum Gasteiger partial charge on any atom is -0.497 e. The minimum atomic E-state index is -1.26. The number of rotatable bonds is 11. The van der Waals surface area contributed by atoms with Crippen molar-refractivity contribution in [3.8, 4) is 11.5 Å². The van der Waals surface area contributed by atoms with Crippen LogP contribution in [0.5, 0.6) is 11.5 Å². The van der Waals surface area contributed by atoms with Crippen LogP contribution in [-0.4, -0.2) is 59.9 Å². The Morgan fingerprint density at radius 3 is 2.03 bits per heavy atom. The number of thiophene rings is 1. The van der Waals surface area contributed by atoms with Gasteiger partial charge in [-0.05, 0) is 58.2 Å². The molecule has 2 aromatic rings. The Hall–Kier alpha value is -2.84. The van der Waals surface area contributed by atoms with Crippen LogP contribution in [0, 0.1) is 0 Å². The van der Waals surface area contributed by atoms with E-state index < -0.39 is 11.9 Å². The summed E-state index contributed by atoms with van der Waals surface area (Å²) in [5.41, 5.74) is 1.23. The molecular weight excluding hydrogens is 442 g/mol. The highest BCUT2D eigenvalue weighted by molar-refractivity contribution is 7.10. The molecule has 0 fully saturated rings. The molecule has 1 aromatic heterocycles. The summed E-state index contributed by atoms with van der Waals surface area (Å²) >= 11 is 1.82. The van der Waals surface area contributed by atoms with Crippen molar-refractivity contribution in [3.05, 3.63) is 58.3 Å². The molecule has 0 amide bonds. The zero-order chi connectivity index (χ0) is 25.0. The molecule has 0 aliphatic carbocycles. The maximum Gasteiger partial charge on any atom is 0.328 e. The lowest BCUT2D eigenvalue weighted by Crippen LogP contribution is -2.38. The third-order valence-corrected chi connectivity index (χ3v) is 6.06. The summed E-state index contributed by atoms with van der Waals surface area (Å²) < 4.78 is 11.0. The van der Waals surface area contributed by atoms with Crippen molar-refractivity contribution in [1.29, 1.82) is 0 Å². The van der Waals surface area contributed by atoms with E-state index in [2.05, 4.69) is 56.2 Å². The number of carboxylic acid groups (broad SMARTS) is 2. The number of nitrogens with zero attached hydrogens (tertiary/aromatic N) is 1. The van der Waals surface area contributed by atoms with Gasteiger partial charge in [0.25, 0.3) is 0 Å². The predicted octanol–water partition coefficient (Wildman–Crippen LogP) is 5.12. The molecule has 1 aromatic carbocycles. The Morgan fingerprint density at radius 1 is 1.00 bits per heavy atom. The van der Waals surface area contributed by atoms with Crippen LogP contribution >= 0.6 is 11.3 Å². The van der Waals surface area contributed by atoms with Gasteiger partial charge in [-0.1, -0.05) is 12.1 Å². The van der Waals surface area contributed by atoms with Gasteiger partial charge in [-0.25, -0.2) is 9.59 Å². The Morgan fingerprint density at radius 2 is 1.61 bits per heavy atom. The molecule has 2 rings (SSSR count). The SMILES string of the molecule is COc1ccc(C(CCN(C(C)C)C(C)C)c2cccs2)c(OC)c1.O=C(O)/C=C/C(=O)O. The number of carboxylic acids is 2. The van der Waals surface area contributed by atoms with Gasteiger partial charge in [0.2, 0.25) is 0 Å². The summed E-state index contributed by atoms with van der Waals surface area (Å²) in [6.07, 6.45) is 2.18. The van der Waals surface area contributed by atoms with E-state index in [4.69, 9.17) is 19.7 Å². The van der Waals surface area contributed by atoms with Crippen molar-refractivity contribution in [2.75, 3.05) is 20.8 Å². The summed E-state index contributed by atoms with van der Waals surface area (Å²) in [5, 5.41) is 17.8. The monoisotopic (exact) mass is 477 g/mol. The Balaban J connectivity index is 0.000000582. The van der Waals surface area contributed by atoms with Crippen molar-refractivity contribution < 1.29 is 29.3 Å². The van der Waals surface area contributed by atoms with Crippen LogP contribution in [0.4, 0.5) is 0 Å². The molecule has 0 radical (unpaired) electrons. The highest BCUT2D eigenvalue weighted by atomic mass is 32.1. The van der Waals surface area contributed by atoms with Crippen LogP contribution in [0.15, 0.2) is 47.9 Å². The van der Waals surface area contributed by atoms with E-state index in [1.165, 1.54) is 10.4 Å². The van der Waals surface area contributed by atoms with E-state index in [9.17, 15) is 9.59 Å². The molecule has 0 aliphatic rings. The number of carbonyl (C=O) groups is 2. The van der Waals surface area contributed by atoms with Gasteiger partial charge in [0, 0.05) is 46.7 Å². The number of hydrogen-bond donors (Lipinski definition) is 2. The summed E-state index contributed by atoms with van der Waals surface area (Å²) in [7, 11) is 3.42. The fourth-order valence-corrected chi connectivity index (χ4v) is 4.46. The lowest BCUT2D eigenvalue weighted by molar-refractivity contribution is -0.134. The Bertz CT molecular complexity index is 868. The standard InChI is InChI=1S/C21H31NO2S.C4H4O4/c1-15(2)22(16(3)4)12-11-19(21-8-7-13-25-21)18-10-9-17(23-5)14-20(18)24-6;5-3(6)1-2-4(7)8/h7-10,13-16,19H,11-12H2,1-6H3;1-2H,(H,5,6)(H,7,8)/b;2-1+. The molecule has 8 heteroatoms. The fourth-order valence-electron chi connectivity index (χ4n) is 3.58. The molecular formula is C25H35NO6S. The van der Waals surface area contributed by atoms with Gasteiger partial charge in [0.15, 0.2) is 0 Å². The topological polar surface area (TPSA) is 96.3 Å². The highest BCUT2D eigenvalue weighted by Crippen LogP contribution is 2.38. The molecule has 182 valence electrons. The summed E-state index contributed by atoms with van der Waals surface area (Å²) in [6, 6.07) is 11.6. The number of hydrogen-bond acceptors (Lipinski definition) is 6. The average Bonchev–Trinajstić information content (AvgIpc) is 3.29. The van der Waals surface area contributed by atoms with Crippen LogP contribution < -0.4 is 9.47 Å². The van der Waals surface area contributed by atoms with E-state index in [0.717, 1.165) is 24.5 Å². The smallest absolute Gasteiger partial charge is 0.328 e. The first-order chi connectivity index (χ1) is 15.6. The molecule has 1 unspecified atom stereocenters. The molecule has 0 bridgehead atoms. The minimum absolute atomic E-state index is 0.334. The number of ether oxygens (including phenoxy) is 2. The van der Waals surface area contributed by atoms with E-state index >= 15 is 0 Å². The maximum absolute atomic E-state index is 9.55. The second-order valence-corrected chi connectivity index (χ2v) is 8.88. The Labute approximate surface area is 200 Å². The zero-order valence-corrected chi connectivity index (χ0v) is 21.0. The van der Waals surface area contributed by atoms with Crippen molar-refractivity contribution in [2.24, 2.45) is 0 Å². The first-order valence-electron chi connectivity index (χ1n) is 10.8. The van der Waals surface area contributed by atoms with Crippen molar-refractivity contribution in [1.82, 2.24) is 4.90 Å². The number of methoxy groups -OCH3 is 2. The van der Waals surface area contributed by atoms with Gasteiger partial charge < -0.3 is 19.7 Å². The Kier molecular flexibility index (Phi) is 12.2. The average molecular weight is 478 g/mol. The van der Waals surface area contributed by atoms with Gasteiger partial charge >= 0.3 is 11.9 Å². The van der Waals surface area contributed by atoms with Gasteiger partial charge in [-0.2, -0.15) is 0 Å². The molecule has 33 heavy (non-hydrogen) atoms. The quantitative estimate of drug-likeness (QED) is 0.434. The summed E-state index contributed by atoms with van der Waals surface area (Å²) in [4.78, 5) is 23.0. The first kappa shape index (κ1) is 28.2. The van der Waals surface area contributed by atoms with E-state index in [-0.39, 0.29) is 0 Å². The summed E-state index contributed by atoms with van der Waals surface area (Å²) in [6.45, 7) is 10.2. The third-order valence-electron chi connectivity index (χ3n) is 5.07. The highest BCUT2D eigenvalue weighted by Gasteiger charge is 2.22. The predicted molar refractivity (Wildman–Crippen MR) is 132 cm³/mol. The molecule has 0 spiro atoms. The zero-order valence-electron chi connectivity index (χ0n) is 20.1. The van der Waals surface area contributed by atoms with Gasteiger partial charge in [0.1, 0.15) is 11.5 Å². The first-order valence-corrected chi connectivity index (χ1v) is 11.6. The molecule has 0 saturated carbocycles. The molecule has 1 heterocycles. The van der Waals surface area contributed by atoms with Crippen molar-refractivity contribution in [2.45, 2.75) is 52.1 Å². The van der Waals surface area contributed by atoms with Crippen LogP contribution in [0.2, 0.25) is 0 Å². The molecule has 7 nitrogen and oxygen atoms in total.